The maximum atomic E-state index is 5.30. The van der Waals surface area contributed by atoms with E-state index in [0.29, 0.717) is 0 Å². The second kappa shape index (κ2) is 2.85. The van der Waals surface area contributed by atoms with Crippen LogP contribution in [0.4, 0.5) is 0 Å². The monoisotopic (exact) mass is 87.1 g/mol. The Kier molecular flexibility index (Phi) is 2.67. The van der Waals surface area contributed by atoms with E-state index < -0.39 is 0 Å². The van der Waals surface area contributed by atoms with Gasteiger partial charge >= 0.3 is 0 Å². The van der Waals surface area contributed by atoms with Crippen molar-refractivity contribution in [2.24, 2.45) is 5.73 Å². The number of hydrogen-bond acceptors (Lipinski definition) is 1. The van der Waals surface area contributed by atoms with Crippen LogP contribution in [-0.2, 0) is 0 Å². The minimum Gasteiger partial charge on any atom is -0.323 e. The van der Waals surface area contributed by atoms with Gasteiger partial charge in [-0.3, -0.25) is 4.99 Å². The highest BCUT2D eigenvalue weighted by molar-refractivity contribution is 5.12. The Morgan fingerprint density at radius 1 is 2.00 bits per heavy atom. The molecule has 0 saturated carbocycles. The average molecular weight is 87.1 g/mol. The topological polar surface area (TPSA) is 40.0 Å². The summed E-state index contributed by atoms with van der Waals surface area (Å²) in [5.41, 5.74) is 5.30. The van der Waals surface area contributed by atoms with Crippen LogP contribution in [0.5, 0.6) is 0 Å². The predicted molar refractivity (Wildman–Crippen MR) is 26.6 cm³/mol. The minimum absolute atomic E-state index is 0.225. The molecule has 1 unspecified atom stereocenters. The van der Waals surface area contributed by atoms with Crippen molar-refractivity contribution in [3.63, 3.8) is 0 Å². The quantitative estimate of drug-likeness (QED) is 0.380. The Labute approximate surface area is 38.1 Å². The third kappa shape index (κ3) is 3.63. The van der Waals surface area contributed by atoms with E-state index in [1.165, 1.54) is 0 Å². The lowest BCUT2D eigenvalue weighted by Crippen LogP contribution is -2.70. The molecule has 2 nitrogen and oxygen atoms in total. The summed E-state index contributed by atoms with van der Waals surface area (Å²) < 4.78 is 0. The van der Waals surface area contributed by atoms with Crippen molar-refractivity contribution in [2.75, 3.05) is 6.54 Å². The number of nitrogens with one attached hydrogen (secondary N) is 1. The molecule has 0 aliphatic rings. The lowest BCUT2D eigenvalue weighted by atomic mass is 10.4. The van der Waals surface area contributed by atoms with Crippen LogP contribution < -0.4 is 10.7 Å². The van der Waals surface area contributed by atoms with Crippen LogP contribution in [0.25, 0.3) is 0 Å². The summed E-state index contributed by atoms with van der Waals surface area (Å²) in [5.74, 6) is 0. The molecule has 0 fully saturated rings. The van der Waals surface area contributed by atoms with Crippen molar-refractivity contribution < 1.29 is 4.99 Å². The molecule has 0 amide bonds. The van der Waals surface area contributed by atoms with Gasteiger partial charge in [-0.1, -0.05) is 0 Å². The van der Waals surface area contributed by atoms with Gasteiger partial charge in [-0.2, -0.15) is 0 Å². The molecule has 0 aromatic heterocycles. The maximum absolute atomic E-state index is 5.30. The molecule has 36 valence electrons. The Balaban J connectivity index is 2.81. The first-order valence-electron chi connectivity index (χ1n) is 2.03. The van der Waals surface area contributed by atoms with Gasteiger partial charge in [0.15, 0.2) is 6.54 Å². The van der Waals surface area contributed by atoms with Crippen LogP contribution in [0.15, 0.2) is 0 Å². The number of rotatable bonds is 2. The lowest BCUT2D eigenvalue weighted by Gasteiger charge is -1.88. The molecule has 0 spiro atoms. The zero-order chi connectivity index (χ0) is 4.99. The van der Waals surface area contributed by atoms with E-state index in [0.717, 1.165) is 6.54 Å². The molecular weight excluding hydrogens is 76.1 g/mol. The summed E-state index contributed by atoms with van der Waals surface area (Å²) in [6.07, 6.45) is 0. The van der Waals surface area contributed by atoms with Gasteiger partial charge in [-0.25, -0.2) is 0 Å². The largest absolute Gasteiger partial charge is 0.323 e. The van der Waals surface area contributed by atoms with Gasteiger partial charge in [0.1, 0.15) is 6.72 Å². The van der Waals surface area contributed by atoms with Gasteiger partial charge in [0.2, 0.25) is 0 Å². The molecule has 1 atom stereocenters. The second-order valence-corrected chi connectivity index (χ2v) is 1.43. The van der Waals surface area contributed by atoms with E-state index in [1.807, 2.05) is 6.92 Å². The second-order valence-electron chi connectivity index (χ2n) is 1.43. The molecule has 0 aromatic carbocycles. The standard InChI is InChI=1S/C4H10N2/c1-4(5)3-6-2/h4H,2-3,5H2,1H3/p+1. The molecule has 0 aliphatic heterocycles. The Morgan fingerprint density at radius 2 is 2.50 bits per heavy atom. The highest BCUT2D eigenvalue weighted by Gasteiger charge is 1.88. The van der Waals surface area contributed by atoms with E-state index in [9.17, 15) is 0 Å². The molecule has 3 N–H and O–H groups in total. The van der Waals surface area contributed by atoms with Gasteiger partial charge in [-0.05, 0) is 6.92 Å². The molecule has 0 heterocycles. The van der Waals surface area contributed by atoms with Crippen LogP contribution in [-0.4, -0.2) is 19.3 Å². The Morgan fingerprint density at radius 3 is 2.50 bits per heavy atom. The fourth-order valence-corrected chi connectivity index (χ4v) is 0.228. The molecule has 0 rings (SSSR count). The van der Waals surface area contributed by atoms with Crippen molar-refractivity contribution >= 4 is 6.72 Å². The molecule has 6 heavy (non-hydrogen) atoms. The summed E-state index contributed by atoms with van der Waals surface area (Å²) in [5, 5.41) is 0. The van der Waals surface area contributed by atoms with Crippen molar-refractivity contribution in [3.05, 3.63) is 0 Å². The molecule has 0 aliphatic carbocycles. The number of hydrogen-bond donors (Lipinski definition) is 2. The van der Waals surface area contributed by atoms with Crippen LogP contribution in [0.1, 0.15) is 6.92 Å². The molecular formula is C4H11N2+. The molecule has 2 heteroatoms. The Hall–Kier alpha value is -0.370. The highest BCUT2D eigenvalue weighted by atomic mass is 14.8. The first-order chi connectivity index (χ1) is 2.77. The SMILES string of the molecule is C=[NH+]CC(C)N. The summed E-state index contributed by atoms with van der Waals surface area (Å²) in [7, 11) is 0. The van der Waals surface area contributed by atoms with Gasteiger partial charge in [-0.15, -0.1) is 0 Å². The summed E-state index contributed by atoms with van der Waals surface area (Å²) in [6, 6.07) is 0.225. The fourth-order valence-electron chi connectivity index (χ4n) is 0.228. The predicted octanol–water partition coefficient (Wildman–Crippen LogP) is -1.89. The van der Waals surface area contributed by atoms with Crippen molar-refractivity contribution in [3.8, 4) is 0 Å². The number of nitrogens with two attached hydrogens (primary N) is 1. The average Bonchev–Trinajstić information content (AvgIpc) is 1.35. The minimum atomic E-state index is 0.225. The third-order valence-corrected chi connectivity index (χ3v) is 0.466. The summed E-state index contributed by atoms with van der Waals surface area (Å²) in [6.45, 7) is 6.12. The van der Waals surface area contributed by atoms with Crippen LogP contribution in [0, 0.1) is 0 Å². The van der Waals surface area contributed by atoms with Crippen LogP contribution >= 0.6 is 0 Å². The third-order valence-electron chi connectivity index (χ3n) is 0.466. The summed E-state index contributed by atoms with van der Waals surface area (Å²) >= 11 is 0. The smallest absolute Gasteiger partial charge is 0.154 e. The summed E-state index contributed by atoms with van der Waals surface area (Å²) in [4.78, 5) is 2.69. The van der Waals surface area contributed by atoms with E-state index in [1.54, 1.807) is 0 Å². The highest BCUT2D eigenvalue weighted by Crippen LogP contribution is 1.57. The zero-order valence-corrected chi connectivity index (χ0v) is 4.07. The van der Waals surface area contributed by atoms with Crippen LogP contribution in [0.2, 0.25) is 0 Å². The van der Waals surface area contributed by atoms with Crippen molar-refractivity contribution in [2.45, 2.75) is 13.0 Å². The van der Waals surface area contributed by atoms with Gasteiger partial charge < -0.3 is 5.73 Å². The van der Waals surface area contributed by atoms with E-state index in [-0.39, 0.29) is 6.04 Å². The van der Waals surface area contributed by atoms with Crippen LogP contribution in [0.3, 0.4) is 0 Å². The zero-order valence-electron chi connectivity index (χ0n) is 4.07. The first-order valence-corrected chi connectivity index (χ1v) is 2.03. The molecule has 0 aromatic rings. The molecule has 0 saturated heterocycles. The fraction of sp³-hybridized carbons (Fsp3) is 0.750. The first kappa shape index (κ1) is 5.63. The lowest BCUT2D eigenvalue weighted by molar-refractivity contribution is -0.449. The normalized spacial score (nSPS) is 13.7. The van der Waals surface area contributed by atoms with Gasteiger partial charge in [0.05, 0.1) is 6.04 Å². The van der Waals surface area contributed by atoms with Crippen molar-refractivity contribution in [1.82, 2.24) is 0 Å². The van der Waals surface area contributed by atoms with Gasteiger partial charge in [0, 0.05) is 0 Å². The van der Waals surface area contributed by atoms with E-state index in [2.05, 4.69) is 11.7 Å². The van der Waals surface area contributed by atoms with Crippen molar-refractivity contribution in [1.29, 1.82) is 0 Å². The molecule has 0 bridgehead atoms. The maximum Gasteiger partial charge on any atom is 0.154 e. The van der Waals surface area contributed by atoms with E-state index in [4.69, 9.17) is 5.73 Å². The van der Waals surface area contributed by atoms with E-state index >= 15 is 0 Å². The van der Waals surface area contributed by atoms with Gasteiger partial charge in [0.25, 0.3) is 0 Å². The Bertz CT molecular complexity index is 40.8. The molecule has 0 radical (unpaired) electrons.